The van der Waals surface area contributed by atoms with Gasteiger partial charge in [-0.2, -0.15) is 0 Å². The first kappa shape index (κ1) is 16.3. The molecule has 5 heteroatoms. The number of aryl methyl sites for hydroxylation is 1. The highest BCUT2D eigenvalue weighted by atomic mass is 32.2. The molecule has 0 saturated heterocycles. The van der Waals surface area contributed by atoms with Crippen molar-refractivity contribution in [3.63, 3.8) is 0 Å². The predicted octanol–water partition coefficient (Wildman–Crippen LogP) is 3.13. The third kappa shape index (κ3) is 3.24. The van der Waals surface area contributed by atoms with Gasteiger partial charge in [-0.1, -0.05) is 32.8 Å². The minimum atomic E-state index is -3.54. The van der Waals surface area contributed by atoms with Crippen LogP contribution in [0.1, 0.15) is 50.7 Å². The van der Waals surface area contributed by atoms with E-state index in [4.69, 9.17) is 5.73 Å². The molecular formula is C16H26N2O2S. The van der Waals surface area contributed by atoms with Crippen molar-refractivity contribution >= 4 is 15.7 Å². The summed E-state index contributed by atoms with van der Waals surface area (Å²) in [6.07, 6.45) is 4.19. The lowest BCUT2D eigenvalue weighted by atomic mass is 9.74. The standard InChI is InChI=1S/C16H26N2O2S/c1-11-8-9-13(17)12(2)15(11)21(19,20)18-14-7-5-6-10-16(14,3)4/h8-9,14,18H,5-7,10,17H2,1-4H3. The number of nitrogens with two attached hydrogens (primary N) is 1. The van der Waals surface area contributed by atoms with Crippen LogP contribution in [0.3, 0.4) is 0 Å². The third-order valence-corrected chi connectivity index (χ3v) is 6.48. The Balaban J connectivity index is 2.37. The van der Waals surface area contributed by atoms with Crippen molar-refractivity contribution in [2.75, 3.05) is 5.73 Å². The maximum Gasteiger partial charge on any atom is 0.241 e. The van der Waals surface area contributed by atoms with Crippen molar-refractivity contribution in [3.05, 3.63) is 23.3 Å². The highest BCUT2D eigenvalue weighted by molar-refractivity contribution is 7.89. The average molecular weight is 310 g/mol. The zero-order valence-electron chi connectivity index (χ0n) is 13.4. The molecule has 1 fully saturated rings. The van der Waals surface area contributed by atoms with Gasteiger partial charge in [-0.15, -0.1) is 0 Å². The Morgan fingerprint density at radius 2 is 1.90 bits per heavy atom. The van der Waals surface area contributed by atoms with Crippen molar-refractivity contribution in [1.29, 1.82) is 0 Å². The lowest BCUT2D eigenvalue weighted by Crippen LogP contribution is -2.47. The van der Waals surface area contributed by atoms with Crippen LogP contribution in [0.15, 0.2) is 17.0 Å². The Morgan fingerprint density at radius 3 is 2.52 bits per heavy atom. The number of hydrogen-bond acceptors (Lipinski definition) is 3. The van der Waals surface area contributed by atoms with Crippen molar-refractivity contribution in [2.45, 2.75) is 64.3 Å². The molecule has 0 bridgehead atoms. The summed E-state index contributed by atoms with van der Waals surface area (Å²) in [5.74, 6) is 0. The molecule has 0 aliphatic heterocycles. The third-order valence-electron chi connectivity index (χ3n) is 4.72. The van der Waals surface area contributed by atoms with Gasteiger partial charge in [0.25, 0.3) is 0 Å². The Kier molecular flexibility index (Phi) is 4.36. The molecule has 1 saturated carbocycles. The van der Waals surface area contributed by atoms with Gasteiger partial charge in [0.05, 0.1) is 4.90 Å². The van der Waals surface area contributed by atoms with Gasteiger partial charge in [0.2, 0.25) is 10.0 Å². The summed E-state index contributed by atoms with van der Waals surface area (Å²) in [6.45, 7) is 7.85. The number of nitrogen functional groups attached to an aromatic ring is 1. The van der Waals surface area contributed by atoms with Crippen molar-refractivity contribution in [3.8, 4) is 0 Å². The molecule has 1 aliphatic rings. The molecule has 1 aromatic rings. The molecular weight excluding hydrogens is 284 g/mol. The fourth-order valence-corrected chi connectivity index (χ4v) is 5.16. The van der Waals surface area contributed by atoms with Crippen LogP contribution in [0.25, 0.3) is 0 Å². The molecule has 0 heterocycles. The van der Waals surface area contributed by atoms with E-state index in [0.29, 0.717) is 16.1 Å². The van der Waals surface area contributed by atoms with Crippen LogP contribution in [0.4, 0.5) is 5.69 Å². The van der Waals surface area contributed by atoms with Crippen molar-refractivity contribution < 1.29 is 8.42 Å². The van der Waals surface area contributed by atoms with Crippen LogP contribution < -0.4 is 10.5 Å². The van der Waals surface area contributed by atoms with Crippen molar-refractivity contribution in [2.24, 2.45) is 5.41 Å². The molecule has 1 unspecified atom stereocenters. The van der Waals surface area contributed by atoms with E-state index in [1.807, 2.05) is 6.92 Å². The number of nitrogens with one attached hydrogen (secondary N) is 1. The number of rotatable bonds is 3. The van der Waals surface area contributed by atoms with Gasteiger partial charge in [-0.3, -0.25) is 0 Å². The Labute approximate surface area is 128 Å². The Morgan fingerprint density at radius 1 is 1.24 bits per heavy atom. The zero-order valence-corrected chi connectivity index (χ0v) is 14.2. The van der Waals surface area contributed by atoms with E-state index >= 15 is 0 Å². The Bertz CT molecular complexity index is 636. The van der Waals surface area contributed by atoms with Crippen LogP contribution >= 0.6 is 0 Å². The molecule has 118 valence electrons. The van der Waals surface area contributed by atoms with Crippen LogP contribution in [0.2, 0.25) is 0 Å². The second kappa shape index (κ2) is 5.61. The van der Waals surface area contributed by atoms with Crippen LogP contribution in [0.5, 0.6) is 0 Å². The summed E-state index contributed by atoms with van der Waals surface area (Å²) in [5.41, 5.74) is 7.77. The van der Waals surface area contributed by atoms with Gasteiger partial charge >= 0.3 is 0 Å². The molecule has 1 aromatic carbocycles. The highest BCUT2D eigenvalue weighted by Gasteiger charge is 2.36. The second-order valence-electron chi connectivity index (χ2n) is 6.83. The average Bonchev–Trinajstić information content (AvgIpc) is 2.36. The molecule has 1 aliphatic carbocycles. The van der Waals surface area contributed by atoms with Crippen LogP contribution in [0, 0.1) is 19.3 Å². The van der Waals surface area contributed by atoms with Crippen molar-refractivity contribution in [1.82, 2.24) is 4.72 Å². The largest absolute Gasteiger partial charge is 0.398 e. The fraction of sp³-hybridized carbons (Fsp3) is 0.625. The maximum absolute atomic E-state index is 12.8. The molecule has 2 rings (SSSR count). The normalized spacial score (nSPS) is 22.2. The molecule has 0 amide bonds. The highest BCUT2D eigenvalue weighted by Crippen LogP contribution is 2.36. The number of sulfonamides is 1. The first-order chi connectivity index (χ1) is 9.65. The SMILES string of the molecule is Cc1ccc(N)c(C)c1S(=O)(=O)NC1CCCCC1(C)C. The summed E-state index contributed by atoms with van der Waals surface area (Å²) >= 11 is 0. The summed E-state index contributed by atoms with van der Waals surface area (Å²) in [6, 6.07) is 3.51. The first-order valence-electron chi connectivity index (χ1n) is 7.53. The van der Waals surface area contributed by atoms with E-state index < -0.39 is 10.0 Å². The van der Waals surface area contributed by atoms with Gasteiger partial charge in [-0.05, 0) is 49.3 Å². The summed E-state index contributed by atoms with van der Waals surface area (Å²) in [7, 11) is -3.54. The summed E-state index contributed by atoms with van der Waals surface area (Å²) in [4.78, 5) is 0.337. The van der Waals surface area contributed by atoms with Gasteiger partial charge in [0.1, 0.15) is 0 Å². The van der Waals surface area contributed by atoms with E-state index in [1.54, 1.807) is 19.1 Å². The Hall–Kier alpha value is -1.07. The van der Waals surface area contributed by atoms with E-state index in [0.717, 1.165) is 24.8 Å². The van der Waals surface area contributed by atoms with E-state index in [2.05, 4.69) is 18.6 Å². The van der Waals surface area contributed by atoms with Gasteiger partial charge < -0.3 is 5.73 Å². The van der Waals surface area contributed by atoms with Gasteiger partial charge in [-0.25, -0.2) is 13.1 Å². The minimum absolute atomic E-state index is 0.00649. The quantitative estimate of drug-likeness (QED) is 0.842. The van der Waals surface area contributed by atoms with Crippen LogP contribution in [-0.4, -0.2) is 14.5 Å². The fourth-order valence-electron chi connectivity index (χ4n) is 3.21. The zero-order chi connectivity index (χ0) is 15.8. The lowest BCUT2D eigenvalue weighted by Gasteiger charge is -2.39. The van der Waals surface area contributed by atoms with E-state index in [9.17, 15) is 8.42 Å². The number of hydrogen-bond donors (Lipinski definition) is 2. The molecule has 1 atom stereocenters. The molecule has 21 heavy (non-hydrogen) atoms. The topological polar surface area (TPSA) is 72.2 Å². The molecule has 0 spiro atoms. The second-order valence-corrected chi connectivity index (χ2v) is 8.48. The van der Waals surface area contributed by atoms with Crippen LogP contribution in [-0.2, 0) is 10.0 Å². The van der Waals surface area contributed by atoms with Gasteiger partial charge in [0, 0.05) is 11.7 Å². The maximum atomic E-state index is 12.8. The number of benzene rings is 1. The van der Waals surface area contributed by atoms with E-state index in [-0.39, 0.29) is 11.5 Å². The molecule has 0 radical (unpaired) electrons. The van der Waals surface area contributed by atoms with E-state index in [1.165, 1.54) is 6.42 Å². The monoisotopic (exact) mass is 310 g/mol. The predicted molar refractivity (Wildman–Crippen MR) is 86.7 cm³/mol. The summed E-state index contributed by atoms with van der Waals surface area (Å²) in [5, 5.41) is 0. The molecule has 4 nitrogen and oxygen atoms in total. The minimum Gasteiger partial charge on any atom is -0.398 e. The number of anilines is 1. The molecule has 0 aromatic heterocycles. The lowest BCUT2D eigenvalue weighted by molar-refractivity contribution is 0.188. The van der Waals surface area contributed by atoms with Gasteiger partial charge in [0.15, 0.2) is 0 Å². The smallest absolute Gasteiger partial charge is 0.241 e. The summed E-state index contributed by atoms with van der Waals surface area (Å²) < 4.78 is 28.6. The first-order valence-corrected chi connectivity index (χ1v) is 9.01. The molecule has 3 N–H and O–H groups in total.